The molecule has 1 amide bonds. The van der Waals surface area contributed by atoms with Crippen LogP contribution in [0.3, 0.4) is 0 Å². The number of benzene rings is 1. The maximum Gasteiger partial charge on any atom is 0.407 e. The molecular formula is C16H20ClNO3. The van der Waals surface area contributed by atoms with E-state index < -0.39 is 6.09 Å². The number of rotatable bonds is 4. The molecule has 0 radical (unpaired) electrons. The molecule has 0 bridgehead atoms. The Morgan fingerprint density at radius 1 is 1.38 bits per heavy atom. The topological polar surface area (TPSA) is 55.4 Å². The van der Waals surface area contributed by atoms with Gasteiger partial charge in [0.25, 0.3) is 0 Å². The minimum Gasteiger partial charge on any atom is -0.450 e. The van der Waals surface area contributed by atoms with Crippen LogP contribution in [0.2, 0.25) is 5.02 Å². The highest BCUT2D eigenvalue weighted by molar-refractivity contribution is 6.30. The van der Waals surface area contributed by atoms with Gasteiger partial charge >= 0.3 is 6.09 Å². The molecule has 114 valence electrons. The van der Waals surface area contributed by atoms with Crippen LogP contribution in [0.4, 0.5) is 4.79 Å². The molecule has 1 saturated carbocycles. The molecule has 0 unspecified atom stereocenters. The number of amides is 1. The van der Waals surface area contributed by atoms with Gasteiger partial charge in [0.2, 0.25) is 0 Å². The van der Waals surface area contributed by atoms with E-state index >= 15 is 0 Å². The van der Waals surface area contributed by atoms with E-state index in [1.807, 2.05) is 12.1 Å². The summed E-state index contributed by atoms with van der Waals surface area (Å²) in [4.78, 5) is 24.0. The predicted octanol–water partition coefficient (Wildman–Crippen LogP) is 3.89. The van der Waals surface area contributed by atoms with Crippen LogP contribution in [-0.4, -0.2) is 18.5 Å². The Bertz CT molecular complexity index is 501. The summed E-state index contributed by atoms with van der Waals surface area (Å²) >= 11 is 5.91. The molecule has 0 aliphatic heterocycles. The fourth-order valence-corrected chi connectivity index (χ4v) is 2.87. The van der Waals surface area contributed by atoms with Crippen molar-refractivity contribution < 1.29 is 14.3 Å². The van der Waals surface area contributed by atoms with Gasteiger partial charge < -0.3 is 10.1 Å². The Balaban J connectivity index is 2.22. The highest BCUT2D eigenvalue weighted by Gasteiger charge is 2.32. The van der Waals surface area contributed by atoms with Gasteiger partial charge in [-0.3, -0.25) is 4.79 Å². The van der Waals surface area contributed by atoms with Crippen molar-refractivity contribution in [1.82, 2.24) is 5.32 Å². The van der Waals surface area contributed by atoms with Gasteiger partial charge in [0.1, 0.15) is 5.78 Å². The lowest BCUT2D eigenvalue weighted by molar-refractivity contribution is -0.125. The highest BCUT2D eigenvalue weighted by Crippen LogP contribution is 2.32. The number of ketones is 1. The van der Waals surface area contributed by atoms with Gasteiger partial charge in [-0.25, -0.2) is 4.79 Å². The molecule has 0 aromatic heterocycles. The van der Waals surface area contributed by atoms with Crippen LogP contribution in [0.25, 0.3) is 0 Å². The third-order valence-corrected chi connectivity index (χ3v) is 4.03. The first-order chi connectivity index (χ1) is 10.1. The lowest BCUT2D eigenvalue weighted by Crippen LogP contribution is -2.38. The Morgan fingerprint density at radius 2 is 2.10 bits per heavy atom. The fourth-order valence-electron chi connectivity index (χ4n) is 2.75. The normalized spacial score (nSPS) is 19.9. The second-order valence-electron chi connectivity index (χ2n) is 5.21. The van der Waals surface area contributed by atoms with Crippen molar-refractivity contribution in [1.29, 1.82) is 0 Å². The number of carbonyl (C=O) groups excluding carboxylic acids is 2. The van der Waals surface area contributed by atoms with Crippen LogP contribution in [-0.2, 0) is 9.53 Å². The van der Waals surface area contributed by atoms with E-state index in [4.69, 9.17) is 16.3 Å². The number of halogens is 1. The Labute approximate surface area is 129 Å². The summed E-state index contributed by atoms with van der Waals surface area (Å²) in [5.41, 5.74) is 0.882. The van der Waals surface area contributed by atoms with Crippen molar-refractivity contribution >= 4 is 23.5 Å². The van der Waals surface area contributed by atoms with E-state index in [9.17, 15) is 9.59 Å². The average molecular weight is 310 g/mol. The zero-order chi connectivity index (χ0) is 15.2. The molecule has 2 rings (SSSR count). The van der Waals surface area contributed by atoms with Crippen LogP contribution in [0, 0.1) is 5.92 Å². The number of ether oxygens (including phenoxy) is 1. The quantitative estimate of drug-likeness (QED) is 0.918. The summed E-state index contributed by atoms with van der Waals surface area (Å²) in [6, 6.07) is 6.88. The van der Waals surface area contributed by atoms with Gasteiger partial charge in [0.05, 0.1) is 12.6 Å². The molecule has 1 aliphatic rings. The summed E-state index contributed by atoms with van der Waals surface area (Å²) in [6.07, 6.45) is 2.82. The van der Waals surface area contributed by atoms with Crippen molar-refractivity contribution in [2.75, 3.05) is 6.61 Å². The van der Waals surface area contributed by atoms with Crippen molar-refractivity contribution in [3.63, 3.8) is 0 Å². The first-order valence-electron chi connectivity index (χ1n) is 7.33. The molecule has 0 spiro atoms. The van der Waals surface area contributed by atoms with Crippen LogP contribution < -0.4 is 5.32 Å². The Hall–Kier alpha value is -1.55. The van der Waals surface area contributed by atoms with Crippen LogP contribution >= 0.6 is 11.6 Å². The van der Waals surface area contributed by atoms with Gasteiger partial charge in [0.15, 0.2) is 0 Å². The molecule has 2 atom stereocenters. The molecular weight excluding hydrogens is 290 g/mol. The van der Waals surface area contributed by atoms with Gasteiger partial charge in [-0.2, -0.15) is 0 Å². The van der Waals surface area contributed by atoms with Gasteiger partial charge in [-0.15, -0.1) is 0 Å². The molecule has 1 aliphatic carbocycles. The van der Waals surface area contributed by atoms with Crippen LogP contribution in [0.5, 0.6) is 0 Å². The van der Waals surface area contributed by atoms with E-state index in [1.165, 1.54) is 0 Å². The smallest absolute Gasteiger partial charge is 0.407 e. The number of hydrogen-bond acceptors (Lipinski definition) is 3. The molecule has 1 aromatic rings. The summed E-state index contributed by atoms with van der Waals surface area (Å²) in [5, 5.41) is 3.46. The number of carbonyl (C=O) groups is 2. The van der Waals surface area contributed by atoms with E-state index in [0.717, 1.165) is 24.8 Å². The third-order valence-electron chi connectivity index (χ3n) is 3.78. The summed E-state index contributed by atoms with van der Waals surface area (Å²) < 4.78 is 4.96. The predicted molar refractivity (Wildman–Crippen MR) is 81.3 cm³/mol. The molecule has 4 nitrogen and oxygen atoms in total. The summed E-state index contributed by atoms with van der Waals surface area (Å²) in [5.74, 6) is 0.0160. The molecule has 0 saturated heterocycles. The largest absolute Gasteiger partial charge is 0.450 e. The molecule has 1 N–H and O–H groups in total. The molecule has 21 heavy (non-hydrogen) atoms. The zero-order valence-corrected chi connectivity index (χ0v) is 12.9. The maximum atomic E-state index is 12.2. The van der Waals surface area contributed by atoms with Gasteiger partial charge in [0, 0.05) is 17.4 Å². The van der Waals surface area contributed by atoms with Crippen molar-refractivity contribution in [2.45, 2.75) is 38.6 Å². The lowest BCUT2D eigenvalue weighted by Gasteiger charge is -2.30. The zero-order valence-electron chi connectivity index (χ0n) is 12.1. The van der Waals surface area contributed by atoms with Gasteiger partial charge in [-0.05, 0) is 37.5 Å². The highest BCUT2D eigenvalue weighted by atomic mass is 35.5. The Morgan fingerprint density at radius 3 is 2.71 bits per heavy atom. The third kappa shape index (κ3) is 4.21. The molecule has 5 heteroatoms. The fraction of sp³-hybridized carbons (Fsp3) is 0.500. The first-order valence-corrected chi connectivity index (χ1v) is 7.71. The van der Waals surface area contributed by atoms with Crippen molar-refractivity contribution in [3.8, 4) is 0 Å². The average Bonchev–Trinajstić information content (AvgIpc) is 2.47. The second kappa shape index (κ2) is 7.46. The summed E-state index contributed by atoms with van der Waals surface area (Å²) in [7, 11) is 0. The minimum absolute atomic E-state index is 0.190. The van der Waals surface area contributed by atoms with Crippen LogP contribution in [0.15, 0.2) is 24.3 Å². The lowest BCUT2D eigenvalue weighted by atomic mass is 9.80. The van der Waals surface area contributed by atoms with E-state index in [1.54, 1.807) is 19.1 Å². The van der Waals surface area contributed by atoms with Crippen molar-refractivity contribution in [3.05, 3.63) is 34.9 Å². The molecule has 1 fully saturated rings. The van der Waals surface area contributed by atoms with E-state index in [0.29, 0.717) is 18.1 Å². The number of Topliss-reactive ketones (excluding diaryl/α,β-unsaturated/α-hetero) is 1. The number of nitrogens with one attached hydrogen (secondary N) is 1. The second-order valence-corrected chi connectivity index (χ2v) is 5.65. The summed E-state index contributed by atoms with van der Waals surface area (Å²) in [6.45, 7) is 2.06. The number of hydrogen-bond donors (Lipinski definition) is 1. The monoisotopic (exact) mass is 309 g/mol. The molecule has 1 aromatic carbocycles. The maximum absolute atomic E-state index is 12.2. The van der Waals surface area contributed by atoms with E-state index in [-0.39, 0.29) is 17.7 Å². The minimum atomic E-state index is -0.490. The first kappa shape index (κ1) is 15.8. The van der Waals surface area contributed by atoms with Crippen molar-refractivity contribution in [2.24, 2.45) is 5.92 Å². The SMILES string of the molecule is CCOC(=O)N[C@@H](c1ccc(Cl)cc1)[C@H]1CCCCC1=O. The molecule has 0 heterocycles. The van der Waals surface area contributed by atoms with Crippen LogP contribution in [0.1, 0.15) is 44.2 Å². The standard InChI is InChI=1S/C16H20ClNO3/c1-2-21-16(20)18-15(11-7-9-12(17)10-8-11)13-5-3-4-6-14(13)19/h7-10,13,15H,2-6H2,1H3,(H,18,20)/t13-,15-/m0/s1. The number of alkyl carbamates (subject to hydrolysis) is 1. The van der Waals surface area contributed by atoms with E-state index in [2.05, 4.69) is 5.32 Å². The Kier molecular flexibility index (Phi) is 5.62. The van der Waals surface area contributed by atoms with Gasteiger partial charge in [-0.1, -0.05) is 30.2 Å².